The van der Waals surface area contributed by atoms with E-state index in [2.05, 4.69) is 154 Å². The summed E-state index contributed by atoms with van der Waals surface area (Å²) in [6.07, 6.45) is 1.93. The Hall–Kier alpha value is -6.17. The van der Waals surface area contributed by atoms with Crippen molar-refractivity contribution >= 4 is 43.6 Å². The van der Waals surface area contributed by atoms with E-state index >= 15 is 0 Å². The van der Waals surface area contributed by atoms with E-state index in [1.165, 1.54) is 16.5 Å². The summed E-state index contributed by atoms with van der Waals surface area (Å²) in [5, 5.41) is 25.1. The summed E-state index contributed by atoms with van der Waals surface area (Å²) in [7, 11) is 0. The van der Waals surface area contributed by atoms with Crippen molar-refractivity contribution in [1.82, 2.24) is 14.1 Å². The minimum atomic E-state index is -0.0128. The van der Waals surface area contributed by atoms with Crippen molar-refractivity contribution in [2.75, 3.05) is 0 Å². The van der Waals surface area contributed by atoms with E-state index in [-0.39, 0.29) is 10.8 Å². The molecule has 8 rings (SSSR count). The van der Waals surface area contributed by atoms with Gasteiger partial charge in [0.05, 0.1) is 45.1 Å². The number of nitrogens with zero attached hydrogens (tertiary/aromatic N) is 5. The highest BCUT2D eigenvalue weighted by Crippen LogP contribution is 2.41. The van der Waals surface area contributed by atoms with E-state index in [4.69, 9.17) is 4.98 Å². The van der Waals surface area contributed by atoms with E-state index in [1.54, 1.807) is 6.07 Å². The van der Waals surface area contributed by atoms with E-state index in [1.807, 2.05) is 18.3 Å². The van der Waals surface area contributed by atoms with Gasteiger partial charge in [-0.15, -0.1) is 0 Å². The van der Waals surface area contributed by atoms with Gasteiger partial charge in [0.15, 0.2) is 0 Å². The predicted molar refractivity (Wildman–Crippen MR) is 205 cm³/mol. The fourth-order valence-electron chi connectivity index (χ4n) is 7.33. The number of pyridine rings is 1. The number of aromatic nitrogens is 3. The highest BCUT2D eigenvalue weighted by molar-refractivity contribution is 6.11. The molecule has 0 N–H and O–H groups in total. The maximum atomic E-state index is 10.5. The second-order valence-corrected chi connectivity index (χ2v) is 15.2. The molecule has 0 unspecified atom stereocenters. The molecule has 8 aromatic rings. The van der Waals surface area contributed by atoms with E-state index in [0.29, 0.717) is 16.7 Å². The van der Waals surface area contributed by atoms with Crippen molar-refractivity contribution in [3.05, 3.63) is 138 Å². The standard InChI is InChI=1S/C45H37N5/c1-44(2,3)29-18-20-40-34(22-29)32-13-7-9-16-38(32)49(40)42-27-48-43(24-36(42)31-15-11-12-28(25-46)37(31)26-47)50-39-17-10-8-14-33(39)35-23-30(45(4,5)6)19-21-41(35)50/h7-24,27H,1-6H3. The van der Waals surface area contributed by atoms with Gasteiger partial charge in [-0.2, -0.15) is 10.5 Å². The zero-order valence-electron chi connectivity index (χ0n) is 29.2. The first-order valence-electron chi connectivity index (χ1n) is 17.0. The molecule has 3 aromatic heterocycles. The van der Waals surface area contributed by atoms with Crippen LogP contribution in [0, 0.1) is 22.7 Å². The number of hydrogen-bond acceptors (Lipinski definition) is 3. The molecule has 0 amide bonds. The summed E-state index contributed by atoms with van der Waals surface area (Å²) in [5.41, 5.74) is 9.77. The molecule has 0 atom stereocenters. The maximum absolute atomic E-state index is 10.5. The molecule has 5 nitrogen and oxygen atoms in total. The Morgan fingerprint density at radius 3 is 1.62 bits per heavy atom. The van der Waals surface area contributed by atoms with Gasteiger partial charge in [-0.3, -0.25) is 4.57 Å². The van der Waals surface area contributed by atoms with Gasteiger partial charge in [-0.05, 0) is 70.5 Å². The Morgan fingerprint density at radius 2 is 1.06 bits per heavy atom. The first kappa shape index (κ1) is 31.1. The van der Waals surface area contributed by atoms with Crippen LogP contribution in [0.4, 0.5) is 0 Å². The van der Waals surface area contributed by atoms with Crippen LogP contribution in [-0.4, -0.2) is 14.1 Å². The highest BCUT2D eigenvalue weighted by atomic mass is 15.1. The summed E-state index contributed by atoms with van der Waals surface area (Å²) in [6.45, 7) is 13.4. The quantitative estimate of drug-likeness (QED) is 0.192. The fraction of sp³-hybridized carbons (Fsp3) is 0.178. The normalized spacial score (nSPS) is 12.2. The average Bonchev–Trinajstić information content (AvgIpc) is 3.62. The third-order valence-electron chi connectivity index (χ3n) is 10.0. The predicted octanol–water partition coefficient (Wildman–Crippen LogP) is 11.3. The average molecular weight is 648 g/mol. The molecule has 0 bridgehead atoms. The smallest absolute Gasteiger partial charge is 0.138 e. The Kier molecular flexibility index (Phi) is 6.97. The van der Waals surface area contributed by atoms with Crippen molar-refractivity contribution < 1.29 is 0 Å². The SMILES string of the molecule is CC(C)(C)c1ccc2c(c1)c1ccccc1n2-c1cc(-c2cccc(C#N)c2C#N)c(-n2c3ccccc3c3cc(C(C)(C)C)ccc32)cn1. The van der Waals surface area contributed by atoms with Crippen molar-refractivity contribution in [3.8, 4) is 34.8 Å². The lowest BCUT2D eigenvalue weighted by Crippen LogP contribution is -2.10. The van der Waals surface area contributed by atoms with Crippen LogP contribution < -0.4 is 0 Å². The summed E-state index contributed by atoms with van der Waals surface area (Å²) in [6, 6.07) is 42.5. The molecule has 5 aromatic carbocycles. The van der Waals surface area contributed by atoms with Crippen LogP contribution >= 0.6 is 0 Å². The van der Waals surface area contributed by atoms with Gasteiger partial charge in [0.25, 0.3) is 0 Å². The Bertz CT molecular complexity index is 2750. The number of para-hydroxylation sites is 2. The van der Waals surface area contributed by atoms with Crippen LogP contribution in [0.25, 0.3) is 66.2 Å². The number of nitriles is 2. The first-order valence-corrected chi connectivity index (χ1v) is 17.0. The molecule has 0 saturated carbocycles. The molecule has 0 spiro atoms. The van der Waals surface area contributed by atoms with Crippen molar-refractivity contribution in [2.45, 2.75) is 52.4 Å². The van der Waals surface area contributed by atoms with Crippen LogP contribution in [-0.2, 0) is 10.8 Å². The van der Waals surface area contributed by atoms with Crippen molar-refractivity contribution in [2.24, 2.45) is 0 Å². The van der Waals surface area contributed by atoms with E-state index in [0.717, 1.165) is 55.3 Å². The molecular formula is C45H37N5. The summed E-state index contributed by atoms with van der Waals surface area (Å²) in [4.78, 5) is 5.20. The van der Waals surface area contributed by atoms with Crippen LogP contribution in [0.2, 0.25) is 0 Å². The molecular weight excluding hydrogens is 611 g/mol. The molecule has 0 saturated heterocycles. The van der Waals surface area contributed by atoms with Gasteiger partial charge in [0.1, 0.15) is 18.0 Å². The molecule has 242 valence electrons. The van der Waals surface area contributed by atoms with Crippen molar-refractivity contribution in [3.63, 3.8) is 0 Å². The van der Waals surface area contributed by atoms with Crippen LogP contribution in [0.15, 0.2) is 115 Å². The maximum Gasteiger partial charge on any atom is 0.138 e. The lowest BCUT2D eigenvalue weighted by atomic mass is 9.86. The van der Waals surface area contributed by atoms with E-state index in [9.17, 15) is 10.5 Å². The van der Waals surface area contributed by atoms with Gasteiger partial charge in [0, 0.05) is 32.7 Å². The second-order valence-electron chi connectivity index (χ2n) is 15.2. The highest BCUT2D eigenvalue weighted by Gasteiger charge is 2.24. The fourth-order valence-corrected chi connectivity index (χ4v) is 7.33. The summed E-state index contributed by atoms with van der Waals surface area (Å²) < 4.78 is 4.47. The van der Waals surface area contributed by atoms with Gasteiger partial charge in [-0.1, -0.05) is 102 Å². The molecule has 0 aliphatic heterocycles. The molecule has 3 heterocycles. The largest absolute Gasteiger partial charge is 0.307 e. The zero-order chi connectivity index (χ0) is 34.9. The summed E-state index contributed by atoms with van der Waals surface area (Å²) >= 11 is 0. The topological polar surface area (TPSA) is 70.3 Å². The molecule has 5 heteroatoms. The second kappa shape index (κ2) is 11.2. The molecule has 0 aliphatic carbocycles. The Balaban J connectivity index is 1.48. The molecule has 0 aliphatic rings. The number of hydrogen-bond donors (Lipinski definition) is 0. The zero-order valence-corrected chi connectivity index (χ0v) is 29.2. The van der Waals surface area contributed by atoms with Gasteiger partial charge >= 0.3 is 0 Å². The minimum absolute atomic E-state index is 0.000126. The van der Waals surface area contributed by atoms with Crippen LogP contribution in [0.5, 0.6) is 0 Å². The number of fused-ring (bicyclic) bond motifs is 6. The Labute approximate surface area is 292 Å². The minimum Gasteiger partial charge on any atom is -0.307 e. The van der Waals surface area contributed by atoms with E-state index < -0.39 is 0 Å². The molecule has 50 heavy (non-hydrogen) atoms. The number of rotatable bonds is 3. The van der Waals surface area contributed by atoms with Crippen LogP contribution in [0.1, 0.15) is 63.8 Å². The Morgan fingerprint density at radius 1 is 0.520 bits per heavy atom. The van der Waals surface area contributed by atoms with Gasteiger partial charge < -0.3 is 4.57 Å². The first-order chi connectivity index (χ1) is 24.0. The van der Waals surface area contributed by atoms with Crippen molar-refractivity contribution in [1.29, 1.82) is 10.5 Å². The lowest BCUT2D eigenvalue weighted by molar-refractivity contribution is 0.591. The molecule has 0 radical (unpaired) electrons. The van der Waals surface area contributed by atoms with Crippen LogP contribution in [0.3, 0.4) is 0 Å². The lowest BCUT2D eigenvalue weighted by Gasteiger charge is -2.20. The summed E-state index contributed by atoms with van der Waals surface area (Å²) in [5.74, 6) is 0.737. The third-order valence-corrected chi connectivity index (χ3v) is 10.0. The monoisotopic (exact) mass is 647 g/mol. The molecule has 0 fully saturated rings. The number of benzene rings is 5. The van der Waals surface area contributed by atoms with Gasteiger partial charge in [0.2, 0.25) is 0 Å². The van der Waals surface area contributed by atoms with Gasteiger partial charge in [-0.25, -0.2) is 4.98 Å². The third kappa shape index (κ3) is 4.78.